The first-order valence-corrected chi connectivity index (χ1v) is 6.43. The summed E-state index contributed by atoms with van der Waals surface area (Å²) in [5.41, 5.74) is 4.80. The van der Waals surface area contributed by atoms with Crippen molar-refractivity contribution in [3.63, 3.8) is 0 Å². The largest absolute Gasteiger partial charge is 0.393 e. The second-order valence-corrected chi connectivity index (χ2v) is 4.76. The van der Waals surface area contributed by atoms with Gasteiger partial charge >= 0.3 is 5.69 Å². The molecule has 0 radical (unpaired) electrons. The van der Waals surface area contributed by atoms with Gasteiger partial charge in [-0.3, -0.25) is 13.9 Å². The van der Waals surface area contributed by atoms with E-state index in [0.717, 1.165) is 4.57 Å². The summed E-state index contributed by atoms with van der Waals surface area (Å²) in [4.78, 5) is 28.3. The number of rotatable bonds is 4. The third-order valence-corrected chi connectivity index (χ3v) is 3.04. The van der Waals surface area contributed by atoms with Gasteiger partial charge in [-0.15, -0.1) is 0 Å². The summed E-state index contributed by atoms with van der Waals surface area (Å²) in [6.07, 6.45) is 2.78. The van der Waals surface area contributed by atoms with Crippen LogP contribution in [0.5, 0.6) is 0 Å². The van der Waals surface area contributed by atoms with Crippen molar-refractivity contribution in [2.24, 2.45) is 0 Å². The van der Waals surface area contributed by atoms with Crippen LogP contribution in [-0.2, 0) is 13.1 Å². The number of nitrogen functional groups attached to an aromatic ring is 1. The predicted molar refractivity (Wildman–Crippen MR) is 74.6 cm³/mol. The second-order valence-electron chi connectivity index (χ2n) is 4.76. The Hall–Kier alpha value is -2.38. The summed E-state index contributed by atoms with van der Waals surface area (Å²) in [6.45, 7) is 6.21. The van der Waals surface area contributed by atoms with Gasteiger partial charge in [-0.1, -0.05) is 0 Å². The highest BCUT2D eigenvalue weighted by Crippen LogP contribution is 2.05. The van der Waals surface area contributed by atoms with E-state index in [0.29, 0.717) is 12.4 Å². The average Bonchev–Trinajstić information content (AvgIpc) is 2.87. The molecule has 2 N–H and O–H groups in total. The van der Waals surface area contributed by atoms with Crippen molar-refractivity contribution in [2.45, 2.75) is 39.9 Å². The molecule has 0 bridgehead atoms. The summed E-state index contributed by atoms with van der Waals surface area (Å²) in [6, 6.07) is 0.0951. The fourth-order valence-electron chi connectivity index (χ4n) is 2.00. The lowest BCUT2D eigenvalue weighted by atomic mass is 10.4. The van der Waals surface area contributed by atoms with Gasteiger partial charge in [0.25, 0.3) is 5.56 Å². The van der Waals surface area contributed by atoms with Crippen LogP contribution >= 0.6 is 0 Å². The molecule has 2 heterocycles. The van der Waals surface area contributed by atoms with E-state index in [1.54, 1.807) is 4.68 Å². The summed E-state index contributed by atoms with van der Waals surface area (Å²) in [7, 11) is 0. The summed E-state index contributed by atoms with van der Waals surface area (Å²) in [5.74, 6) is 0.549. The molecule has 2 rings (SSSR count). The number of aromatic nitrogens is 5. The van der Waals surface area contributed by atoms with Gasteiger partial charge in [-0.05, 0) is 20.8 Å². The fraction of sp³-hybridized carbons (Fsp3) is 0.500. The van der Waals surface area contributed by atoms with Crippen molar-refractivity contribution >= 4 is 5.69 Å². The molecule has 8 heteroatoms. The van der Waals surface area contributed by atoms with Gasteiger partial charge in [0.15, 0.2) is 0 Å². The van der Waals surface area contributed by atoms with Crippen LogP contribution in [0.15, 0.2) is 22.1 Å². The molecule has 0 saturated heterocycles. The van der Waals surface area contributed by atoms with Crippen LogP contribution in [0.2, 0.25) is 0 Å². The number of anilines is 1. The zero-order chi connectivity index (χ0) is 14.9. The van der Waals surface area contributed by atoms with E-state index in [1.807, 2.05) is 20.8 Å². The van der Waals surface area contributed by atoms with Crippen LogP contribution in [0.1, 0.15) is 32.6 Å². The second kappa shape index (κ2) is 5.32. The van der Waals surface area contributed by atoms with Gasteiger partial charge in [-0.2, -0.15) is 5.10 Å². The zero-order valence-electron chi connectivity index (χ0n) is 11.8. The van der Waals surface area contributed by atoms with Gasteiger partial charge in [-0.25, -0.2) is 14.5 Å². The van der Waals surface area contributed by atoms with E-state index in [-0.39, 0.29) is 18.3 Å². The molecule has 0 aliphatic carbocycles. The third kappa shape index (κ3) is 2.36. The van der Waals surface area contributed by atoms with E-state index in [1.165, 1.54) is 17.1 Å². The Bertz CT molecular complexity index is 724. The molecule has 2 aromatic heterocycles. The standard InChI is InChI=1S/C12H18N6O2/c1-4-16-5-9(13)11(19)17(12(16)20)6-10-14-7-15-18(10)8(2)3/h5,7-8H,4,6,13H2,1-3H3. The highest BCUT2D eigenvalue weighted by molar-refractivity contribution is 5.31. The lowest BCUT2D eigenvalue weighted by Crippen LogP contribution is -2.41. The molecule has 0 unspecified atom stereocenters. The van der Waals surface area contributed by atoms with Crippen LogP contribution in [0.3, 0.4) is 0 Å². The summed E-state index contributed by atoms with van der Waals surface area (Å²) < 4.78 is 4.15. The van der Waals surface area contributed by atoms with E-state index >= 15 is 0 Å². The Morgan fingerprint density at radius 1 is 1.35 bits per heavy atom. The molecule has 0 atom stereocenters. The van der Waals surface area contributed by atoms with Crippen LogP contribution in [0.4, 0.5) is 5.69 Å². The Kier molecular flexibility index (Phi) is 3.73. The predicted octanol–water partition coefficient (Wildman–Crippen LogP) is -0.167. The van der Waals surface area contributed by atoms with Crippen molar-refractivity contribution in [2.75, 3.05) is 5.73 Å². The van der Waals surface area contributed by atoms with Crippen molar-refractivity contribution in [1.29, 1.82) is 0 Å². The van der Waals surface area contributed by atoms with Crippen molar-refractivity contribution in [1.82, 2.24) is 23.9 Å². The average molecular weight is 278 g/mol. The highest BCUT2D eigenvalue weighted by Gasteiger charge is 2.13. The maximum atomic E-state index is 12.2. The lowest BCUT2D eigenvalue weighted by Gasteiger charge is -2.12. The van der Waals surface area contributed by atoms with E-state index in [9.17, 15) is 9.59 Å². The number of hydrogen-bond acceptors (Lipinski definition) is 5. The Morgan fingerprint density at radius 3 is 2.65 bits per heavy atom. The molecule has 0 fully saturated rings. The maximum absolute atomic E-state index is 12.2. The van der Waals surface area contributed by atoms with Crippen molar-refractivity contribution in [3.05, 3.63) is 39.2 Å². The summed E-state index contributed by atoms with van der Waals surface area (Å²) in [5, 5.41) is 4.09. The quantitative estimate of drug-likeness (QED) is 0.837. The van der Waals surface area contributed by atoms with E-state index in [2.05, 4.69) is 10.1 Å². The molecule has 0 aliphatic rings. The first kappa shape index (κ1) is 14.0. The molecular weight excluding hydrogens is 260 g/mol. The van der Waals surface area contributed by atoms with Gasteiger partial charge < -0.3 is 5.73 Å². The molecule has 0 saturated carbocycles. The Balaban J connectivity index is 2.54. The molecule has 0 aliphatic heterocycles. The Labute approximate surface area is 115 Å². The Morgan fingerprint density at radius 2 is 2.05 bits per heavy atom. The number of nitrogens with two attached hydrogens (primary N) is 1. The molecule has 108 valence electrons. The number of nitrogens with zero attached hydrogens (tertiary/aromatic N) is 5. The molecule has 0 amide bonds. The SMILES string of the molecule is CCn1cc(N)c(=O)n(Cc2ncnn2C(C)C)c1=O. The van der Waals surface area contributed by atoms with E-state index < -0.39 is 11.2 Å². The molecule has 20 heavy (non-hydrogen) atoms. The third-order valence-electron chi connectivity index (χ3n) is 3.04. The van der Waals surface area contributed by atoms with Gasteiger partial charge in [0.1, 0.15) is 17.8 Å². The van der Waals surface area contributed by atoms with Crippen LogP contribution in [-0.4, -0.2) is 23.9 Å². The zero-order valence-corrected chi connectivity index (χ0v) is 11.8. The van der Waals surface area contributed by atoms with Gasteiger partial charge in [0.2, 0.25) is 0 Å². The first-order chi connectivity index (χ1) is 9.45. The topological polar surface area (TPSA) is 101 Å². The minimum absolute atomic E-state index is 0.0436. The monoisotopic (exact) mass is 278 g/mol. The maximum Gasteiger partial charge on any atom is 0.331 e. The fourth-order valence-corrected chi connectivity index (χ4v) is 2.00. The van der Waals surface area contributed by atoms with Gasteiger partial charge in [0.05, 0.1) is 6.54 Å². The molecular formula is C12H18N6O2. The lowest BCUT2D eigenvalue weighted by molar-refractivity contribution is 0.485. The van der Waals surface area contributed by atoms with Crippen LogP contribution in [0.25, 0.3) is 0 Å². The minimum atomic E-state index is -0.502. The molecule has 0 spiro atoms. The number of hydrogen-bond donors (Lipinski definition) is 1. The molecule has 8 nitrogen and oxygen atoms in total. The molecule has 0 aromatic carbocycles. The molecule has 2 aromatic rings. The minimum Gasteiger partial charge on any atom is -0.393 e. The van der Waals surface area contributed by atoms with Gasteiger partial charge in [0, 0.05) is 18.8 Å². The normalized spacial score (nSPS) is 11.2. The summed E-state index contributed by atoms with van der Waals surface area (Å²) >= 11 is 0. The van der Waals surface area contributed by atoms with Crippen LogP contribution < -0.4 is 17.0 Å². The highest BCUT2D eigenvalue weighted by atomic mass is 16.2. The first-order valence-electron chi connectivity index (χ1n) is 6.43. The van der Waals surface area contributed by atoms with Crippen molar-refractivity contribution < 1.29 is 0 Å². The number of aryl methyl sites for hydroxylation is 1. The smallest absolute Gasteiger partial charge is 0.331 e. The van der Waals surface area contributed by atoms with E-state index in [4.69, 9.17) is 5.73 Å². The van der Waals surface area contributed by atoms with Crippen LogP contribution in [0, 0.1) is 0 Å². The van der Waals surface area contributed by atoms with Crippen molar-refractivity contribution in [3.8, 4) is 0 Å².